The van der Waals surface area contributed by atoms with Gasteiger partial charge in [-0.2, -0.15) is 0 Å². The fourth-order valence-electron chi connectivity index (χ4n) is 2.63. The number of carboxylic acid groups (broad SMARTS) is 1. The minimum atomic E-state index is -1.72. The summed E-state index contributed by atoms with van der Waals surface area (Å²) in [6.45, 7) is 0. The summed E-state index contributed by atoms with van der Waals surface area (Å²) in [6, 6.07) is 20.2. The molecule has 2 aromatic carbocycles. The van der Waals surface area contributed by atoms with Gasteiger partial charge in [-0.1, -0.05) is 60.7 Å². The second-order valence-corrected chi connectivity index (χ2v) is 5.22. The molecule has 0 aliphatic rings. The van der Waals surface area contributed by atoms with Crippen LogP contribution in [0, 0.1) is 0 Å². The molecule has 0 saturated carbocycles. The molecule has 5 nitrogen and oxygen atoms in total. The number of amides is 1. The van der Waals surface area contributed by atoms with E-state index in [2.05, 4.69) is 5.32 Å². The molecule has 3 aromatic rings. The van der Waals surface area contributed by atoms with Gasteiger partial charge in [0, 0.05) is 0 Å². The average molecular weight is 321 g/mol. The summed E-state index contributed by atoms with van der Waals surface area (Å²) in [6.07, 6.45) is 1.36. The van der Waals surface area contributed by atoms with E-state index in [0.717, 1.165) is 0 Å². The van der Waals surface area contributed by atoms with Crippen LogP contribution >= 0.6 is 0 Å². The first kappa shape index (κ1) is 15.6. The van der Waals surface area contributed by atoms with Crippen molar-refractivity contribution < 1.29 is 19.1 Å². The maximum absolute atomic E-state index is 12.5. The Balaban J connectivity index is 2.16. The highest BCUT2D eigenvalue weighted by atomic mass is 16.4. The van der Waals surface area contributed by atoms with Gasteiger partial charge in [0.2, 0.25) is 0 Å². The van der Waals surface area contributed by atoms with Crippen LogP contribution in [0.5, 0.6) is 0 Å². The molecule has 0 bridgehead atoms. The lowest BCUT2D eigenvalue weighted by atomic mass is 9.82. The van der Waals surface area contributed by atoms with Gasteiger partial charge in [0.1, 0.15) is 0 Å². The highest BCUT2D eigenvalue weighted by molar-refractivity contribution is 5.98. The molecule has 5 heteroatoms. The molecule has 0 unspecified atom stereocenters. The number of carbonyl (C=O) groups excluding carboxylic acids is 1. The zero-order valence-corrected chi connectivity index (χ0v) is 12.7. The van der Waals surface area contributed by atoms with Gasteiger partial charge in [-0.25, -0.2) is 4.79 Å². The average Bonchev–Trinajstić information content (AvgIpc) is 3.15. The van der Waals surface area contributed by atoms with Crippen molar-refractivity contribution in [3.05, 3.63) is 95.9 Å². The molecule has 1 amide bonds. The van der Waals surface area contributed by atoms with E-state index in [1.807, 2.05) is 0 Å². The van der Waals surface area contributed by atoms with Crippen LogP contribution in [0.4, 0.5) is 0 Å². The fourth-order valence-corrected chi connectivity index (χ4v) is 2.63. The first-order chi connectivity index (χ1) is 11.6. The van der Waals surface area contributed by atoms with Gasteiger partial charge >= 0.3 is 5.97 Å². The van der Waals surface area contributed by atoms with Crippen molar-refractivity contribution >= 4 is 11.9 Å². The first-order valence-electron chi connectivity index (χ1n) is 7.35. The molecule has 2 N–H and O–H groups in total. The number of hydrogen-bond donors (Lipinski definition) is 2. The molecule has 3 rings (SSSR count). The molecule has 0 saturated heterocycles. The van der Waals surface area contributed by atoms with E-state index in [1.54, 1.807) is 66.7 Å². The Hall–Kier alpha value is -3.34. The summed E-state index contributed by atoms with van der Waals surface area (Å²) in [7, 11) is 0. The Labute approximate surface area is 138 Å². The molecular formula is C19H15NO4. The standard InChI is InChI=1S/C19H15NO4/c21-17(16-12-7-13-24-16)20-19(18(22)23,14-8-3-1-4-9-14)15-10-5-2-6-11-15/h1-13H,(H,20,21)(H,22,23). The molecule has 1 heterocycles. The number of carboxylic acids is 1. The van der Waals surface area contributed by atoms with Crippen molar-refractivity contribution in [3.63, 3.8) is 0 Å². The monoisotopic (exact) mass is 321 g/mol. The predicted octanol–water partition coefficient (Wildman–Crippen LogP) is 3.04. The van der Waals surface area contributed by atoms with Crippen molar-refractivity contribution in [1.82, 2.24) is 5.32 Å². The van der Waals surface area contributed by atoms with E-state index >= 15 is 0 Å². The Kier molecular flexibility index (Phi) is 4.16. The van der Waals surface area contributed by atoms with Gasteiger partial charge in [-0.15, -0.1) is 0 Å². The number of rotatable bonds is 5. The molecule has 0 radical (unpaired) electrons. The zero-order valence-electron chi connectivity index (χ0n) is 12.7. The van der Waals surface area contributed by atoms with Crippen LogP contribution in [-0.2, 0) is 10.3 Å². The lowest BCUT2D eigenvalue weighted by Crippen LogP contribution is -2.52. The summed E-state index contributed by atoms with van der Waals surface area (Å²) >= 11 is 0. The van der Waals surface area contributed by atoms with Crippen molar-refractivity contribution in [2.24, 2.45) is 0 Å². The number of nitrogens with one attached hydrogen (secondary N) is 1. The normalized spacial score (nSPS) is 11.0. The number of aliphatic carboxylic acids is 1. The summed E-state index contributed by atoms with van der Waals surface area (Å²) in [5.41, 5.74) is -0.820. The third kappa shape index (κ3) is 2.67. The fraction of sp³-hybridized carbons (Fsp3) is 0.0526. The van der Waals surface area contributed by atoms with Crippen LogP contribution in [0.15, 0.2) is 83.5 Å². The number of benzene rings is 2. The SMILES string of the molecule is O=C(NC(C(=O)O)(c1ccccc1)c1ccccc1)c1ccco1. The summed E-state index contributed by atoms with van der Waals surface area (Å²) in [5.74, 6) is -1.73. The van der Waals surface area contributed by atoms with Crippen LogP contribution in [0.25, 0.3) is 0 Å². The van der Waals surface area contributed by atoms with Crippen LogP contribution in [0.3, 0.4) is 0 Å². The lowest BCUT2D eigenvalue weighted by molar-refractivity contribution is -0.143. The van der Waals surface area contributed by atoms with E-state index in [4.69, 9.17) is 4.42 Å². The van der Waals surface area contributed by atoms with Crippen LogP contribution in [-0.4, -0.2) is 17.0 Å². The second kappa shape index (κ2) is 6.42. The van der Waals surface area contributed by atoms with Crippen molar-refractivity contribution in [3.8, 4) is 0 Å². The second-order valence-electron chi connectivity index (χ2n) is 5.22. The minimum absolute atomic E-state index is 0.0486. The molecule has 1 aromatic heterocycles. The van der Waals surface area contributed by atoms with Crippen molar-refractivity contribution in [2.45, 2.75) is 5.54 Å². The van der Waals surface area contributed by atoms with Gasteiger partial charge in [0.05, 0.1) is 6.26 Å². The van der Waals surface area contributed by atoms with E-state index in [0.29, 0.717) is 11.1 Å². The van der Waals surface area contributed by atoms with Gasteiger partial charge in [0.25, 0.3) is 5.91 Å². The topological polar surface area (TPSA) is 79.5 Å². The summed E-state index contributed by atoms with van der Waals surface area (Å²) in [5, 5.41) is 12.7. The first-order valence-corrected chi connectivity index (χ1v) is 7.35. The molecule has 0 spiro atoms. The Bertz CT molecular complexity index is 787. The number of hydrogen-bond acceptors (Lipinski definition) is 3. The molecule has 24 heavy (non-hydrogen) atoms. The maximum atomic E-state index is 12.5. The molecule has 120 valence electrons. The maximum Gasteiger partial charge on any atom is 0.338 e. The minimum Gasteiger partial charge on any atom is -0.479 e. The van der Waals surface area contributed by atoms with Crippen LogP contribution < -0.4 is 5.32 Å². The Morgan fingerprint density at radius 2 is 1.38 bits per heavy atom. The molecule has 0 atom stereocenters. The van der Waals surface area contributed by atoms with Crippen LogP contribution in [0.2, 0.25) is 0 Å². The predicted molar refractivity (Wildman–Crippen MR) is 87.5 cm³/mol. The van der Waals surface area contributed by atoms with Crippen molar-refractivity contribution in [1.29, 1.82) is 0 Å². The lowest BCUT2D eigenvalue weighted by Gasteiger charge is -2.31. The highest BCUT2D eigenvalue weighted by Crippen LogP contribution is 2.30. The highest BCUT2D eigenvalue weighted by Gasteiger charge is 2.44. The van der Waals surface area contributed by atoms with Gasteiger partial charge in [-0.05, 0) is 23.3 Å². The number of furan rings is 1. The molecule has 0 aliphatic heterocycles. The van der Waals surface area contributed by atoms with Gasteiger partial charge in [0.15, 0.2) is 11.3 Å². The van der Waals surface area contributed by atoms with E-state index in [9.17, 15) is 14.7 Å². The van der Waals surface area contributed by atoms with E-state index in [-0.39, 0.29) is 5.76 Å². The van der Waals surface area contributed by atoms with Gasteiger partial charge < -0.3 is 14.8 Å². The van der Waals surface area contributed by atoms with Gasteiger partial charge in [-0.3, -0.25) is 4.79 Å². The molecule has 0 fully saturated rings. The third-order valence-electron chi connectivity index (χ3n) is 3.78. The summed E-state index contributed by atoms with van der Waals surface area (Å²) < 4.78 is 5.09. The van der Waals surface area contributed by atoms with Crippen LogP contribution in [0.1, 0.15) is 21.7 Å². The van der Waals surface area contributed by atoms with E-state index < -0.39 is 17.4 Å². The largest absolute Gasteiger partial charge is 0.479 e. The molecular weight excluding hydrogens is 306 g/mol. The van der Waals surface area contributed by atoms with Crippen molar-refractivity contribution in [2.75, 3.05) is 0 Å². The Morgan fingerprint density at radius 1 is 0.833 bits per heavy atom. The number of carbonyl (C=O) groups is 2. The molecule has 0 aliphatic carbocycles. The zero-order chi connectivity index (χ0) is 17.0. The third-order valence-corrected chi connectivity index (χ3v) is 3.78. The quantitative estimate of drug-likeness (QED) is 0.757. The Morgan fingerprint density at radius 3 is 1.79 bits per heavy atom. The van der Waals surface area contributed by atoms with E-state index in [1.165, 1.54) is 12.3 Å². The smallest absolute Gasteiger partial charge is 0.338 e. The summed E-state index contributed by atoms with van der Waals surface area (Å²) in [4.78, 5) is 24.8.